The number of nitrogens with one attached hydrogen (secondary N) is 1. The van der Waals surface area contributed by atoms with Crippen LogP contribution in [0.1, 0.15) is 42.4 Å². The van der Waals surface area contributed by atoms with Crippen LogP contribution in [0.2, 0.25) is 0 Å². The fraction of sp³-hybridized carbons (Fsp3) is 0.571. The van der Waals surface area contributed by atoms with Crippen LogP contribution in [0.15, 0.2) is 18.2 Å². The lowest BCUT2D eigenvalue weighted by atomic mass is 10.2. The first kappa shape index (κ1) is 14.0. The number of aromatic nitrogens is 1. The van der Waals surface area contributed by atoms with Gasteiger partial charge in [0.25, 0.3) is 5.91 Å². The van der Waals surface area contributed by atoms with Gasteiger partial charge in [0.05, 0.1) is 5.69 Å². The summed E-state index contributed by atoms with van der Waals surface area (Å²) in [5.41, 5.74) is 3.42. The molecule has 1 aliphatic rings. The van der Waals surface area contributed by atoms with Crippen molar-refractivity contribution in [1.29, 1.82) is 0 Å². The van der Waals surface area contributed by atoms with Crippen LogP contribution in [0.4, 0.5) is 0 Å². The minimum absolute atomic E-state index is 0.342. The summed E-state index contributed by atoms with van der Waals surface area (Å²) in [4.78, 5) is 18.2. The molecule has 1 amide bonds. The van der Waals surface area contributed by atoms with Gasteiger partial charge in [0.2, 0.25) is 0 Å². The zero-order chi connectivity index (χ0) is 13.7. The highest BCUT2D eigenvalue weighted by Crippen LogP contribution is 2.30. The summed E-state index contributed by atoms with van der Waals surface area (Å²) in [5.74, 6) is 5.65. The normalized spacial score (nSPS) is 14.7. The molecule has 1 heterocycles. The summed E-state index contributed by atoms with van der Waals surface area (Å²) >= 11 is 0. The predicted octanol–water partition coefficient (Wildman–Crippen LogP) is 1.31. The van der Waals surface area contributed by atoms with Crippen molar-refractivity contribution >= 4 is 5.91 Å². The van der Waals surface area contributed by atoms with Gasteiger partial charge in [-0.2, -0.15) is 0 Å². The van der Waals surface area contributed by atoms with E-state index >= 15 is 0 Å². The zero-order valence-electron chi connectivity index (χ0n) is 11.4. The lowest BCUT2D eigenvalue weighted by Crippen LogP contribution is -2.31. The van der Waals surface area contributed by atoms with Gasteiger partial charge in [-0.3, -0.25) is 15.1 Å². The van der Waals surface area contributed by atoms with Gasteiger partial charge in [-0.15, -0.1) is 0 Å². The molecule has 19 heavy (non-hydrogen) atoms. The van der Waals surface area contributed by atoms with E-state index in [4.69, 9.17) is 5.84 Å². The van der Waals surface area contributed by atoms with Crippen LogP contribution in [0.3, 0.4) is 0 Å². The van der Waals surface area contributed by atoms with Crippen molar-refractivity contribution in [2.24, 2.45) is 11.8 Å². The number of carbonyl (C=O) groups excluding carboxylic acids is 1. The summed E-state index contributed by atoms with van der Waals surface area (Å²) in [5, 5.41) is 0. The Kier molecular flexibility index (Phi) is 4.87. The van der Waals surface area contributed by atoms with Crippen molar-refractivity contribution in [2.45, 2.75) is 32.7 Å². The first-order valence-electron chi connectivity index (χ1n) is 6.92. The van der Waals surface area contributed by atoms with E-state index < -0.39 is 0 Å². The van der Waals surface area contributed by atoms with Crippen molar-refractivity contribution in [3.63, 3.8) is 0 Å². The molecule has 2 rings (SSSR count). The highest BCUT2D eigenvalue weighted by Gasteiger charge is 2.24. The summed E-state index contributed by atoms with van der Waals surface area (Å²) < 4.78 is 0. The summed E-state index contributed by atoms with van der Waals surface area (Å²) in [7, 11) is 0. The Morgan fingerprint density at radius 2 is 2.32 bits per heavy atom. The van der Waals surface area contributed by atoms with Crippen molar-refractivity contribution in [2.75, 3.05) is 13.1 Å². The Hall–Kier alpha value is -1.46. The first-order chi connectivity index (χ1) is 9.22. The highest BCUT2D eigenvalue weighted by atomic mass is 16.2. The molecule has 1 saturated carbocycles. The van der Waals surface area contributed by atoms with Crippen LogP contribution in [-0.4, -0.2) is 28.9 Å². The molecule has 1 aliphatic carbocycles. The van der Waals surface area contributed by atoms with E-state index in [1.807, 2.05) is 12.1 Å². The third-order valence-corrected chi connectivity index (χ3v) is 3.31. The minimum atomic E-state index is -0.342. The number of hydrogen-bond donors (Lipinski definition) is 2. The van der Waals surface area contributed by atoms with E-state index in [2.05, 4.69) is 22.2 Å². The van der Waals surface area contributed by atoms with Crippen LogP contribution in [0.25, 0.3) is 0 Å². The maximum atomic E-state index is 11.5. The second-order valence-corrected chi connectivity index (χ2v) is 5.17. The third-order valence-electron chi connectivity index (χ3n) is 3.31. The number of rotatable bonds is 7. The third kappa shape index (κ3) is 4.29. The molecule has 1 fully saturated rings. The topological polar surface area (TPSA) is 71.2 Å². The second-order valence-electron chi connectivity index (χ2n) is 5.17. The Labute approximate surface area is 114 Å². The molecule has 0 unspecified atom stereocenters. The number of pyridine rings is 1. The Morgan fingerprint density at radius 3 is 2.95 bits per heavy atom. The van der Waals surface area contributed by atoms with Crippen LogP contribution in [0, 0.1) is 5.92 Å². The largest absolute Gasteiger partial charge is 0.297 e. The van der Waals surface area contributed by atoms with Gasteiger partial charge in [-0.25, -0.2) is 10.8 Å². The van der Waals surface area contributed by atoms with Gasteiger partial charge in [-0.05, 0) is 43.9 Å². The van der Waals surface area contributed by atoms with E-state index in [0.29, 0.717) is 5.69 Å². The van der Waals surface area contributed by atoms with E-state index in [1.54, 1.807) is 6.07 Å². The molecule has 0 aliphatic heterocycles. The van der Waals surface area contributed by atoms with E-state index in [-0.39, 0.29) is 5.91 Å². The molecule has 5 nitrogen and oxygen atoms in total. The fourth-order valence-corrected chi connectivity index (χ4v) is 2.21. The molecule has 5 heteroatoms. The molecule has 0 atom stereocenters. The van der Waals surface area contributed by atoms with Gasteiger partial charge in [0, 0.05) is 13.1 Å². The van der Waals surface area contributed by atoms with E-state index in [9.17, 15) is 4.79 Å². The van der Waals surface area contributed by atoms with Crippen molar-refractivity contribution in [3.05, 3.63) is 29.6 Å². The van der Waals surface area contributed by atoms with Gasteiger partial charge in [-0.1, -0.05) is 13.0 Å². The number of nitrogen functional groups attached to an aromatic ring is 1. The van der Waals surface area contributed by atoms with E-state index in [0.717, 1.165) is 37.7 Å². The van der Waals surface area contributed by atoms with Crippen LogP contribution < -0.4 is 11.3 Å². The summed E-state index contributed by atoms with van der Waals surface area (Å²) in [6.07, 6.45) is 3.84. The summed E-state index contributed by atoms with van der Waals surface area (Å²) in [6.45, 7) is 5.20. The number of hydrogen-bond acceptors (Lipinski definition) is 4. The molecule has 104 valence electrons. The molecule has 0 saturated heterocycles. The van der Waals surface area contributed by atoms with Gasteiger partial charge in [0.15, 0.2) is 0 Å². The monoisotopic (exact) mass is 262 g/mol. The highest BCUT2D eigenvalue weighted by molar-refractivity contribution is 5.91. The summed E-state index contributed by atoms with van der Waals surface area (Å²) in [6, 6.07) is 5.49. The average Bonchev–Trinajstić information content (AvgIpc) is 3.22. The molecule has 1 aromatic heterocycles. The lowest BCUT2D eigenvalue weighted by molar-refractivity contribution is 0.0948. The predicted molar refractivity (Wildman–Crippen MR) is 74.2 cm³/mol. The zero-order valence-corrected chi connectivity index (χ0v) is 11.4. The SMILES string of the molecule is CCCN(Cc1cccc(C(=O)NN)n1)CC1CC1. The number of nitrogens with two attached hydrogens (primary N) is 1. The van der Waals surface area contributed by atoms with Crippen molar-refractivity contribution in [1.82, 2.24) is 15.3 Å². The van der Waals surface area contributed by atoms with Crippen LogP contribution in [-0.2, 0) is 6.54 Å². The molecule has 1 aromatic rings. The van der Waals surface area contributed by atoms with Gasteiger partial charge in [0.1, 0.15) is 5.69 Å². The maximum Gasteiger partial charge on any atom is 0.283 e. The molecule has 3 N–H and O–H groups in total. The molecule has 0 radical (unpaired) electrons. The van der Waals surface area contributed by atoms with Crippen LogP contribution in [0.5, 0.6) is 0 Å². The number of hydrazine groups is 1. The standard InChI is InChI=1S/C14H22N4O/c1-2-8-18(9-11-6-7-11)10-12-4-3-5-13(16-12)14(19)17-15/h3-5,11H,2,6-10,15H2,1H3,(H,17,19). The Morgan fingerprint density at radius 1 is 1.53 bits per heavy atom. The number of carbonyl (C=O) groups is 1. The smallest absolute Gasteiger partial charge is 0.283 e. The molecule has 0 bridgehead atoms. The second kappa shape index (κ2) is 6.63. The molecular weight excluding hydrogens is 240 g/mol. The maximum absolute atomic E-state index is 11.5. The van der Waals surface area contributed by atoms with Gasteiger partial charge >= 0.3 is 0 Å². The lowest BCUT2D eigenvalue weighted by Gasteiger charge is -2.21. The molecule has 0 spiro atoms. The van der Waals surface area contributed by atoms with Crippen molar-refractivity contribution < 1.29 is 4.79 Å². The molecular formula is C14H22N4O. The Balaban J connectivity index is 2.00. The average molecular weight is 262 g/mol. The molecule has 0 aromatic carbocycles. The number of nitrogens with zero attached hydrogens (tertiary/aromatic N) is 2. The van der Waals surface area contributed by atoms with Gasteiger partial charge < -0.3 is 0 Å². The minimum Gasteiger partial charge on any atom is -0.297 e. The number of amides is 1. The quantitative estimate of drug-likeness (QED) is 0.441. The fourth-order valence-electron chi connectivity index (χ4n) is 2.21. The van der Waals surface area contributed by atoms with E-state index in [1.165, 1.54) is 12.8 Å². The Bertz CT molecular complexity index is 431. The first-order valence-corrected chi connectivity index (χ1v) is 6.92. The van der Waals surface area contributed by atoms with Crippen molar-refractivity contribution in [3.8, 4) is 0 Å². The van der Waals surface area contributed by atoms with Crippen LogP contribution >= 0.6 is 0 Å².